The Bertz CT molecular complexity index is 1050. The van der Waals surface area contributed by atoms with Crippen molar-refractivity contribution >= 4 is 17.5 Å². The number of carbonyl (C=O) groups is 2. The van der Waals surface area contributed by atoms with Crippen molar-refractivity contribution in [2.24, 2.45) is 0 Å². The molecule has 0 saturated carbocycles. The number of ether oxygens (including phenoxy) is 2. The van der Waals surface area contributed by atoms with Crippen LogP contribution < -0.4 is 20.1 Å². The Kier molecular flexibility index (Phi) is 7.86. The summed E-state index contributed by atoms with van der Waals surface area (Å²) in [5.41, 5.74) is 2.61. The lowest BCUT2D eigenvalue weighted by Gasteiger charge is -2.17. The first kappa shape index (κ1) is 22.9. The van der Waals surface area contributed by atoms with E-state index >= 15 is 0 Å². The van der Waals surface area contributed by atoms with Crippen LogP contribution in [0.4, 0.5) is 5.69 Å². The second-order valence-corrected chi connectivity index (χ2v) is 7.16. The molecule has 2 amide bonds. The minimum absolute atomic E-state index is 0.197. The van der Waals surface area contributed by atoms with Gasteiger partial charge in [0.05, 0.1) is 19.3 Å². The Morgan fingerprint density at radius 3 is 2.06 bits per heavy atom. The van der Waals surface area contributed by atoms with Crippen molar-refractivity contribution in [2.75, 3.05) is 18.5 Å². The fourth-order valence-electron chi connectivity index (χ4n) is 3.20. The molecule has 0 bridgehead atoms. The van der Waals surface area contributed by atoms with E-state index in [2.05, 4.69) is 10.6 Å². The second kappa shape index (κ2) is 11.0. The molecule has 1 unspecified atom stereocenters. The second-order valence-electron chi connectivity index (χ2n) is 7.16. The van der Waals surface area contributed by atoms with Crippen LogP contribution in [0, 0.1) is 0 Å². The molecule has 0 aromatic heterocycles. The van der Waals surface area contributed by atoms with Crippen LogP contribution in [-0.4, -0.2) is 25.0 Å². The lowest BCUT2D eigenvalue weighted by atomic mass is 10.1. The molecular formula is C26H28N2O4. The third-order valence-electron chi connectivity index (χ3n) is 4.86. The number of rotatable bonds is 9. The molecule has 0 fully saturated rings. The van der Waals surface area contributed by atoms with Crippen molar-refractivity contribution in [2.45, 2.75) is 26.8 Å². The zero-order chi connectivity index (χ0) is 22.9. The zero-order valence-corrected chi connectivity index (χ0v) is 18.6. The van der Waals surface area contributed by atoms with Gasteiger partial charge in [-0.05, 0) is 74.9 Å². The predicted octanol–water partition coefficient (Wildman–Crippen LogP) is 5.23. The van der Waals surface area contributed by atoms with Gasteiger partial charge in [0, 0.05) is 16.8 Å². The highest BCUT2D eigenvalue weighted by Gasteiger charge is 2.15. The third-order valence-corrected chi connectivity index (χ3v) is 4.86. The van der Waals surface area contributed by atoms with Gasteiger partial charge in [0.2, 0.25) is 0 Å². The SMILES string of the molecule is CCOc1ccc(C(C)NC(=O)c2ccc(NC(=O)c3ccccc3)cc2)cc1OCC. The normalized spacial score (nSPS) is 11.3. The molecule has 2 N–H and O–H groups in total. The maximum atomic E-state index is 12.7. The van der Waals surface area contributed by atoms with Crippen molar-refractivity contribution in [3.05, 3.63) is 89.5 Å². The van der Waals surface area contributed by atoms with Crippen LogP contribution in [0.1, 0.15) is 53.1 Å². The van der Waals surface area contributed by atoms with Crippen molar-refractivity contribution in [1.29, 1.82) is 0 Å². The molecule has 0 aliphatic rings. The van der Waals surface area contributed by atoms with Gasteiger partial charge in [-0.15, -0.1) is 0 Å². The number of hydrogen-bond donors (Lipinski definition) is 2. The highest BCUT2D eigenvalue weighted by Crippen LogP contribution is 2.30. The monoisotopic (exact) mass is 432 g/mol. The molecule has 0 radical (unpaired) electrons. The first-order valence-electron chi connectivity index (χ1n) is 10.7. The molecule has 32 heavy (non-hydrogen) atoms. The molecule has 6 nitrogen and oxygen atoms in total. The largest absolute Gasteiger partial charge is 0.490 e. The molecule has 6 heteroatoms. The van der Waals surface area contributed by atoms with Gasteiger partial charge in [-0.3, -0.25) is 9.59 Å². The summed E-state index contributed by atoms with van der Waals surface area (Å²) in [5, 5.41) is 5.83. The maximum absolute atomic E-state index is 12.7. The van der Waals surface area contributed by atoms with Crippen molar-refractivity contribution in [1.82, 2.24) is 5.32 Å². The van der Waals surface area contributed by atoms with E-state index in [9.17, 15) is 9.59 Å². The van der Waals surface area contributed by atoms with Gasteiger partial charge in [-0.25, -0.2) is 0 Å². The molecule has 3 aromatic rings. The van der Waals surface area contributed by atoms with Crippen LogP contribution in [0.2, 0.25) is 0 Å². The molecule has 0 aliphatic heterocycles. The quantitative estimate of drug-likeness (QED) is 0.486. The van der Waals surface area contributed by atoms with Crippen LogP contribution in [0.15, 0.2) is 72.8 Å². The average Bonchev–Trinajstić information content (AvgIpc) is 2.81. The maximum Gasteiger partial charge on any atom is 0.255 e. The summed E-state index contributed by atoms with van der Waals surface area (Å²) < 4.78 is 11.3. The molecule has 0 saturated heterocycles. The predicted molar refractivity (Wildman–Crippen MR) is 125 cm³/mol. The molecule has 166 valence electrons. The summed E-state index contributed by atoms with van der Waals surface area (Å²) in [7, 11) is 0. The molecule has 0 spiro atoms. The van der Waals surface area contributed by atoms with E-state index in [4.69, 9.17) is 9.47 Å². The molecular weight excluding hydrogens is 404 g/mol. The Balaban J connectivity index is 1.64. The summed E-state index contributed by atoms with van der Waals surface area (Å²) >= 11 is 0. The summed E-state index contributed by atoms with van der Waals surface area (Å²) in [6.45, 7) is 6.83. The van der Waals surface area contributed by atoms with Gasteiger partial charge in [0.15, 0.2) is 11.5 Å². The fraction of sp³-hybridized carbons (Fsp3) is 0.231. The van der Waals surface area contributed by atoms with E-state index in [-0.39, 0.29) is 17.9 Å². The average molecular weight is 433 g/mol. The minimum atomic E-state index is -0.227. The Morgan fingerprint density at radius 1 is 0.781 bits per heavy atom. The molecule has 0 aliphatic carbocycles. The lowest BCUT2D eigenvalue weighted by Crippen LogP contribution is -2.26. The van der Waals surface area contributed by atoms with Crippen LogP contribution in [0.3, 0.4) is 0 Å². The number of nitrogens with one attached hydrogen (secondary N) is 2. The minimum Gasteiger partial charge on any atom is -0.490 e. The highest BCUT2D eigenvalue weighted by atomic mass is 16.5. The number of amides is 2. The lowest BCUT2D eigenvalue weighted by molar-refractivity contribution is 0.0939. The number of anilines is 1. The van der Waals surface area contributed by atoms with Crippen LogP contribution in [0.5, 0.6) is 11.5 Å². The summed E-state index contributed by atoms with van der Waals surface area (Å²) in [5.74, 6) is 0.943. The Hall–Kier alpha value is -3.80. The van der Waals surface area contributed by atoms with Crippen molar-refractivity contribution in [3.63, 3.8) is 0 Å². The standard InChI is InChI=1S/C26H28N2O4/c1-4-31-23-16-13-21(17-24(23)32-5-2)18(3)27-25(29)20-11-14-22(15-12-20)28-26(30)19-9-7-6-8-10-19/h6-18H,4-5H2,1-3H3,(H,27,29)(H,28,30). The van der Waals surface area contributed by atoms with E-state index in [1.165, 1.54) is 0 Å². The topological polar surface area (TPSA) is 76.7 Å². The Labute approximate surface area is 188 Å². The van der Waals surface area contributed by atoms with Gasteiger partial charge in [-0.2, -0.15) is 0 Å². The summed E-state index contributed by atoms with van der Waals surface area (Å²) in [4.78, 5) is 25.0. The van der Waals surface area contributed by atoms with Gasteiger partial charge >= 0.3 is 0 Å². The van der Waals surface area contributed by atoms with Crippen molar-refractivity contribution < 1.29 is 19.1 Å². The van der Waals surface area contributed by atoms with E-state index in [0.29, 0.717) is 41.5 Å². The first-order valence-corrected chi connectivity index (χ1v) is 10.7. The summed E-state index contributed by atoms with van der Waals surface area (Å²) in [6, 6.07) is 21.2. The van der Waals surface area contributed by atoms with Gasteiger partial charge < -0.3 is 20.1 Å². The van der Waals surface area contributed by atoms with Crippen LogP contribution in [0.25, 0.3) is 0 Å². The van der Waals surface area contributed by atoms with E-state index < -0.39 is 0 Å². The number of benzene rings is 3. The molecule has 1 atom stereocenters. The first-order chi connectivity index (χ1) is 15.5. The van der Waals surface area contributed by atoms with Crippen molar-refractivity contribution in [3.8, 4) is 11.5 Å². The summed E-state index contributed by atoms with van der Waals surface area (Å²) in [6.07, 6.45) is 0. The third kappa shape index (κ3) is 5.88. The fourth-order valence-corrected chi connectivity index (χ4v) is 3.20. The van der Waals surface area contributed by atoms with Gasteiger partial charge in [0.1, 0.15) is 0 Å². The van der Waals surface area contributed by atoms with Crippen LogP contribution >= 0.6 is 0 Å². The zero-order valence-electron chi connectivity index (χ0n) is 18.6. The molecule has 3 rings (SSSR count). The smallest absolute Gasteiger partial charge is 0.255 e. The number of carbonyl (C=O) groups excluding carboxylic acids is 2. The Morgan fingerprint density at radius 2 is 1.41 bits per heavy atom. The number of hydrogen-bond acceptors (Lipinski definition) is 4. The highest BCUT2D eigenvalue weighted by molar-refractivity contribution is 6.04. The van der Waals surface area contributed by atoms with Gasteiger partial charge in [0.25, 0.3) is 11.8 Å². The van der Waals surface area contributed by atoms with E-state index in [1.54, 1.807) is 36.4 Å². The van der Waals surface area contributed by atoms with Gasteiger partial charge in [-0.1, -0.05) is 24.3 Å². The van der Waals surface area contributed by atoms with Crippen LogP contribution in [-0.2, 0) is 0 Å². The molecule has 3 aromatic carbocycles. The molecule has 0 heterocycles. The van der Waals surface area contributed by atoms with E-state index in [0.717, 1.165) is 5.56 Å². The van der Waals surface area contributed by atoms with E-state index in [1.807, 2.05) is 57.2 Å².